The average molecular weight is 155 g/mol. The van der Waals surface area contributed by atoms with Crippen LogP contribution in [0.2, 0.25) is 0 Å². The highest BCUT2D eigenvalue weighted by molar-refractivity contribution is 7.09. The third kappa shape index (κ3) is 0.954. The zero-order valence-corrected chi connectivity index (χ0v) is 6.40. The van der Waals surface area contributed by atoms with Gasteiger partial charge < -0.3 is 5.11 Å². The maximum atomic E-state index is 9.25. The molecular formula is C7H9NOS. The van der Waals surface area contributed by atoms with Crippen LogP contribution in [0.1, 0.15) is 17.0 Å². The summed E-state index contributed by atoms with van der Waals surface area (Å²) in [6, 6.07) is 0. The Hall–Kier alpha value is -0.410. The lowest BCUT2D eigenvalue weighted by molar-refractivity contribution is 0.159. The third-order valence-electron chi connectivity index (χ3n) is 1.86. The molecular weight excluding hydrogens is 146 g/mol. The number of aromatic nitrogens is 1. The zero-order chi connectivity index (χ0) is 6.97. The fourth-order valence-electron chi connectivity index (χ4n) is 1.28. The highest BCUT2D eigenvalue weighted by Gasteiger charge is 2.17. The lowest BCUT2D eigenvalue weighted by Crippen LogP contribution is -2.17. The molecule has 1 aromatic heterocycles. The predicted octanol–water partition coefficient (Wildman–Crippen LogP) is 0.993. The Labute approximate surface area is 63.5 Å². The molecule has 10 heavy (non-hydrogen) atoms. The first-order chi connectivity index (χ1) is 4.86. The summed E-state index contributed by atoms with van der Waals surface area (Å²) in [6.07, 6.45) is 2.55. The molecule has 0 aliphatic heterocycles. The quantitative estimate of drug-likeness (QED) is 0.606. The summed E-state index contributed by atoms with van der Waals surface area (Å²) in [5.41, 5.74) is 3.07. The van der Waals surface area contributed by atoms with Crippen LogP contribution < -0.4 is 0 Å². The first kappa shape index (κ1) is 6.31. The van der Waals surface area contributed by atoms with E-state index in [1.54, 1.807) is 11.3 Å². The molecule has 0 aromatic carbocycles. The highest BCUT2D eigenvalue weighted by atomic mass is 32.1. The number of hydrogen-bond donors (Lipinski definition) is 1. The SMILES string of the molecule is OC1CCc2ncsc2C1. The predicted molar refractivity (Wildman–Crippen MR) is 40.1 cm³/mol. The van der Waals surface area contributed by atoms with E-state index in [-0.39, 0.29) is 6.10 Å². The molecule has 1 aliphatic carbocycles. The highest BCUT2D eigenvalue weighted by Crippen LogP contribution is 2.23. The summed E-state index contributed by atoms with van der Waals surface area (Å²) in [7, 11) is 0. The van der Waals surface area contributed by atoms with E-state index in [9.17, 15) is 5.11 Å². The second-order valence-electron chi connectivity index (χ2n) is 2.62. The molecule has 0 amide bonds. The molecule has 1 unspecified atom stereocenters. The van der Waals surface area contributed by atoms with Crippen molar-refractivity contribution >= 4 is 11.3 Å². The van der Waals surface area contributed by atoms with Crippen molar-refractivity contribution < 1.29 is 5.11 Å². The van der Waals surface area contributed by atoms with Crippen LogP contribution in [0.15, 0.2) is 5.51 Å². The van der Waals surface area contributed by atoms with Gasteiger partial charge in [-0.05, 0) is 12.8 Å². The number of aliphatic hydroxyl groups is 1. The number of thiazole rings is 1. The number of aliphatic hydroxyl groups excluding tert-OH is 1. The first-order valence-electron chi connectivity index (χ1n) is 3.45. The van der Waals surface area contributed by atoms with Gasteiger partial charge in [0.1, 0.15) is 0 Å². The van der Waals surface area contributed by atoms with Crippen LogP contribution in [0.25, 0.3) is 0 Å². The lowest BCUT2D eigenvalue weighted by Gasteiger charge is -2.14. The van der Waals surface area contributed by atoms with E-state index >= 15 is 0 Å². The minimum absolute atomic E-state index is 0.118. The summed E-state index contributed by atoms with van der Waals surface area (Å²) in [5, 5.41) is 9.25. The number of aryl methyl sites for hydroxylation is 1. The zero-order valence-electron chi connectivity index (χ0n) is 5.58. The van der Waals surface area contributed by atoms with E-state index in [1.165, 1.54) is 10.6 Å². The summed E-state index contributed by atoms with van der Waals surface area (Å²) in [6.45, 7) is 0. The minimum Gasteiger partial charge on any atom is -0.393 e. The van der Waals surface area contributed by atoms with E-state index in [1.807, 2.05) is 5.51 Å². The Morgan fingerprint density at radius 2 is 2.60 bits per heavy atom. The van der Waals surface area contributed by atoms with Gasteiger partial charge >= 0.3 is 0 Å². The van der Waals surface area contributed by atoms with Crippen LogP contribution in [0, 0.1) is 0 Å². The van der Waals surface area contributed by atoms with Crippen molar-refractivity contribution in [2.75, 3.05) is 0 Å². The van der Waals surface area contributed by atoms with Crippen molar-refractivity contribution in [2.24, 2.45) is 0 Å². The van der Waals surface area contributed by atoms with Crippen molar-refractivity contribution in [3.63, 3.8) is 0 Å². The minimum atomic E-state index is -0.118. The summed E-state index contributed by atoms with van der Waals surface area (Å²) < 4.78 is 0. The van der Waals surface area contributed by atoms with Crippen LogP contribution in [-0.2, 0) is 12.8 Å². The van der Waals surface area contributed by atoms with Gasteiger partial charge in [0, 0.05) is 11.3 Å². The van der Waals surface area contributed by atoms with Crippen molar-refractivity contribution in [3.8, 4) is 0 Å². The van der Waals surface area contributed by atoms with E-state index in [2.05, 4.69) is 4.98 Å². The maximum Gasteiger partial charge on any atom is 0.0797 e. The fraction of sp³-hybridized carbons (Fsp3) is 0.571. The second kappa shape index (κ2) is 2.32. The van der Waals surface area contributed by atoms with Gasteiger partial charge in [-0.15, -0.1) is 11.3 Å². The molecule has 0 bridgehead atoms. The molecule has 1 atom stereocenters. The molecule has 0 fully saturated rings. The van der Waals surface area contributed by atoms with Gasteiger partial charge in [-0.2, -0.15) is 0 Å². The maximum absolute atomic E-state index is 9.25. The molecule has 54 valence electrons. The third-order valence-corrected chi connectivity index (χ3v) is 2.76. The monoisotopic (exact) mass is 155 g/mol. The molecule has 0 radical (unpaired) electrons. The second-order valence-corrected chi connectivity index (χ2v) is 3.56. The van der Waals surface area contributed by atoms with Crippen LogP contribution in [0.5, 0.6) is 0 Å². The van der Waals surface area contributed by atoms with Crippen molar-refractivity contribution in [1.29, 1.82) is 0 Å². The molecule has 1 aliphatic rings. The number of fused-ring (bicyclic) bond motifs is 1. The van der Waals surface area contributed by atoms with Crippen molar-refractivity contribution in [2.45, 2.75) is 25.4 Å². The Kier molecular flexibility index (Phi) is 1.47. The Balaban J connectivity index is 2.30. The largest absolute Gasteiger partial charge is 0.393 e. The molecule has 1 heterocycles. The summed E-state index contributed by atoms with van der Waals surface area (Å²) in [5.74, 6) is 0. The number of rotatable bonds is 0. The van der Waals surface area contributed by atoms with E-state index in [0.29, 0.717) is 0 Å². The lowest BCUT2D eigenvalue weighted by atomic mass is 10.0. The summed E-state index contributed by atoms with van der Waals surface area (Å²) >= 11 is 1.66. The topological polar surface area (TPSA) is 33.1 Å². The van der Waals surface area contributed by atoms with Gasteiger partial charge in [0.25, 0.3) is 0 Å². The molecule has 0 saturated heterocycles. The van der Waals surface area contributed by atoms with Crippen LogP contribution in [-0.4, -0.2) is 16.2 Å². The van der Waals surface area contributed by atoms with Crippen molar-refractivity contribution in [3.05, 3.63) is 16.1 Å². The molecule has 0 saturated carbocycles. The summed E-state index contributed by atoms with van der Waals surface area (Å²) in [4.78, 5) is 5.48. The van der Waals surface area contributed by atoms with Gasteiger partial charge in [-0.25, -0.2) is 4.98 Å². The fourth-order valence-corrected chi connectivity index (χ4v) is 2.17. The number of hydrogen-bond acceptors (Lipinski definition) is 3. The Morgan fingerprint density at radius 1 is 1.70 bits per heavy atom. The van der Waals surface area contributed by atoms with E-state index < -0.39 is 0 Å². The Morgan fingerprint density at radius 3 is 3.50 bits per heavy atom. The molecule has 0 spiro atoms. The molecule has 2 nitrogen and oxygen atoms in total. The smallest absolute Gasteiger partial charge is 0.0797 e. The molecule has 1 N–H and O–H groups in total. The van der Waals surface area contributed by atoms with Gasteiger partial charge in [-0.3, -0.25) is 0 Å². The van der Waals surface area contributed by atoms with Gasteiger partial charge in [0.05, 0.1) is 17.3 Å². The van der Waals surface area contributed by atoms with Crippen LogP contribution in [0.4, 0.5) is 0 Å². The van der Waals surface area contributed by atoms with Gasteiger partial charge in [-0.1, -0.05) is 0 Å². The van der Waals surface area contributed by atoms with Gasteiger partial charge in [0.15, 0.2) is 0 Å². The molecule has 3 heteroatoms. The standard InChI is InChI=1S/C7H9NOS/c9-5-1-2-6-7(3-5)10-4-8-6/h4-5,9H,1-3H2. The van der Waals surface area contributed by atoms with Crippen molar-refractivity contribution in [1.82, 2.24) is 4.98 Å². The van der Waals surface area contributed by atoms with Crippen LogP contribution >= 0.6 is 11.3 Å². The normalized spacial score (nSPS) is 24.3. The molecule has 2 rings (SSSR count). The first-order valence-corrected chi connectivity index (χ1v) is 4.33. The van der Waals surface area contributed by atoms with Crippen LogP contribution in [0.3, 0.4) is 0 Å². The van der Waals surface area contributed by atoms with E-state index in [0.717, 1.165) is 19.3 Å². The number of nitrogens with zero attached hydrogens (tertiary/aromatic N) is 1. The molecule has 1 aromatic rings. The van der Waals surface area contributed by atoms with E-state index in [4.69, 9.17) is 0 Å². The van der Waals surface area contributed by atoms with Gasteiger partial charge in [0.2, 0.25) is 0 Å². The average Bonchev–Trinajstić information content (AvgIpc) is 2.33. The Bertz CT molecular complexity index is 233.